The van der Waals surface area contributed by atoms with Crippen LogP contribution in [0.15, 0.2) is 42.5 Å². The number of cyclic esters (lactones) is 1. The van der Waals surface area contributed by atoms with E-state index in [2.05, 4.69) is 14.9 Å². The lowest BCUT2D eigenvalue weighted by Crippen LogP contribution is -2.54. The molecule has 2 amide bonds. The third-order valence-corrected chi connectivity index (χ3v) is 7.96. The first-order valence-corrected chi connectivity index (χ1v) is 13.5. The Morgan fingerprint density at radius 3 is 2.39 bits per heavy atom. The van der Waals surface area contributed by atoms with Crippen LogP contribution in [0, 0.1) is 0 Å². The van der Waals surface area contributed by atoms with Crippen LogP contribution in [0.2, 0.25) is 5.02 Å². The van der Waals surface area contributed by atoms with Crippen molar-refractivity contribution in [1.82, 2.24) is 19.8 Å². The number of halogens is 4. The maximum atomic E-state index is 13.7. The van der Waals surface area contributed by atoms with Gasteiger partial charge in [-0.1, -0.05) is 11.6 Å². The molecule has 14 heteroatoms. The van der Waals surface area contributed by atoms with E-state index in [1.165, 1.54) is 17.0 Å². The molecule has 10 nitrogen and oxygen atoms in total. The molecule has 3 aliphatic heterocycles. The lowest BCUT2D eigenvalue weighted by atomic mass is 10.1. The highest BCUT2D eigenvalue weighted by molar-refractivity contribution is 6.30. The Labute approximate surface area is 237 Å². The van der Waals surface area contributed by atoms with Gasteiger partial charge < -0.3 is 19.6 Å². The second-order valence-electron chi connectivity index (χ2n) is 10.2. The van der Waals surface area contributed by atoms with Crippen LogP contribution in [0.5, 0.6) is 0 Å². The summed E-state index contributed by atoms with van der Waals surface area (Å²) in [6, 6.07) is 10.8. The van der Waals surface area contributed by atoms with Crippen LogP contribution in [-0.2, 0) is 10.9 Å². The highest BCUT2D eigenvalue weighted by atomic mass is 35.5. The van der Waals surface area contributed by atoms with Gasteiger partial charge in [-0.15, -0.1) is 0 Å². The van der Waals surface area contributed by atoms with Gasteiger partial charge in [0.2, 0.25) is 5.82 Å². The third-order valence-electron chi connectivity index (χ3n) is 7.71. The van der Waals surface area contributed by atoms with Crippen molar-refractivity contribution in [2.45, 2.75) is 18.3 Å². The lowest BCUT2D eigenvalue weighted by molar-refractivity contribution is -0.144. The van der Waals surface area contributed by atoms with Crippen molar-refractivity contribution in [3.8, 4) is 0 Å². The van der Waals surface area contributed by atoms with E-state index in [9.17, 15) is 27.9 Å². The zero-order valence-electron chi connectivity index (χ0n) is 21.7. The fraction of sp³-hybridized carbons (Fsp3) is 0.407. The molecule has 0 radical (unpaired) electrons. The Bertz CT molecular complexity index is 1480. The van der Waals surface area contributed by atoms with Crippen LogP contribution in [0.4, 0.5) is 29.5 Å². The number of aromatic nitrogens is 2. The first-order valence-electron chi connectivity index (χ1n) is 13.1. The number of benzene rings is 2. The molecule has 1 aromatic heterocycles. The van der Waals surface area contributed by atoms with E-state index in [-0.39, 0.29) is 43.0 Å². The molecule has 4 heterocycles. The minimum Gasteiger partial charge on any atom is -0.447 e. The number of ether oxygens (including phenoxy) is 1. The Kier molecular flexibility index (Phi) is 7.12. The molecule has 3 aromatic rings. The van der Waals surface area contributed by atoms with Crippen LogP contribution in [0.25, 0.3) is 10.9 Å². The Balaban J connectivity index is 1.23. The van der Waals surface area contributed by atoms with E-state index in [0.717, 1.165) is 0 Å². The first kappa shape index (κ1) is 27.5. The molecular formula is C27H26ClF3N6O4. The van der Waals surface area contributed by atoms with Crippen LogP contribution in [0.1, 0.15) is 16.2 Å². The number of carbonyl (C=O) groups is 2. The summed E-state index contributed by atoms with van der Waals surface area (Å²) in [6.07, 6.45) is -6.17. The zero-order chi connectivity index (χ0) is 28.9. The maximum Gasteiger partial charge on any atom is 0.451 e. The Morgan fingerprint density at radius 1 is 1.00 bits per heavy atom. The number of rotatable bonds is 4. The average Bonchev–Trinajstić information content (AvgIpc) is 3.57. The molecule has 216 valence electrons. The summed E-state index contributed by atoms with van der Waals surface area (Å²) in [4.78, 5) is 39.4. The largest absolute Gasteiger partial charge is 0.451 e. The molecule has 41 heavy (non-hydrogen) atoms. The van der Waals surface area contributed by atoms with Crippen molar-refractivity contribution in [1.29, 1.82) is 0 Å². The Morgan fingerprint density at radius 2 is 1.73 bits per heavy atom. The van der Waals surface area contributed by atoms with Crippen molar-refractivity contribution in [3.05, 3.63) is 58.9 Å². The third kappa shape index (κ3) is 5.36. The zero-order valence-corrected chi connectivity index (χ0v) is 22.5. The van der Waals surface area contributed by atoms with E-state index in [1.54, 1.807) is 40.1 Å². The van der Waals surface area contributed by atoms with Gasteiger partial charge in [-0.2, -0.15) is 13.2 Å². The van der Waals surface area contributed by atoms with E-state index in [0.29, 0.717) is 54.4 Å². The van der Waals surface area contributed by atoms with Crippen LogP contribution in [0.3, 0.4) is 0 Å². The summed E-state index contributed by atoms with van der Waals surface area (Å²) >= 11 is 5.93. The number of amides is 2. The normalized spacial score (nSPS) is 22.1. The number of aliphatic hydroxyl groups excluding tert-OH is 1. The highest BCUT2D eigenvalue weighted by Gasteiger charge is 2.41. The van der Waals surface area contributed by atoms with Crippen LogP contribution < -0.4 is 9.80 Å². The monoisotopic (exact) mass is 590 g/mol. The number of carbonyl (C=O) groups excluding carboxylic acids is 2. The highest BCUT2D eigenvalue weighted by Crippen LogP contribution is 2.36. The summed E-state index contributed by atoms with van der Waals surface area (Å²) in [5.41, 5.74) is 1.07. The first-order chi connectivity index (χ1) is 19.6. The van der Waals surface area contributed by atoms with Crippen molar-refractivity contribution in [2.24, 2.45) is 0 Å². The van der Waals surface area contributed by atoms with Crippen molar-refractivity contribution < 1.29 is 32.6 Å². The van der Waals surface area contributed by atoms with Gasteiger partial charge in [0.25, 0.3) is 5.91 Å². The van der Waals surface area contributed by atoms with E-state index in [1.807, 2.05) is 0 Å². The second-order valence-corrected chi connectivity index (χ2v) is 10.6. The van der Waals surface area contributed by atoms with Gasteiger partial charge in [-0.3, -0.25) is 14.6 Å². The molecular weight excluding hydrogens is 565 g/mol. The number of hydrogen-bond acceptors (Lipinski definition) is 8. The topological polar surface area (TPSA) is 102 Å². The molecule has 0 spiro atoms. The number of piperazine rings is 1. The number of aliphatic hydroxyl groups is 1. The molecule has 6 rings (SSSR count). The van der Waals surface area contributed by atoms with Gasteiger partial charge in [0.05, 0.1) is 24.2 Å². The molecule has 3 saturated heterocycles. The van der Waals surface area contributed by atoms with E-state index in [4.69, 9.17) is 16.3 Å². The van der Waals surface area contributed by atoms with Gasteiger partial charge >= 0.3 is 12.3 Å². The minimum absolute atomic E-state index is 0.0369. The summed E-state index contributed by atoms with van der Waals surface area (Å²) in [6.45, 7) is 2.69. The number of nitrogens with zero attached hydrogens (tertiary/aromatic N) is 6. The van der Waals surface area contributed by atoms with Gasteiger partial charge in [-0.25, -0.2) is 14.8 Å². The lowest BCUT2D eigenvalue weighted by Gasteiger charge is -2.38. The summed E-state index contributed by atoms with van der Waals surface area (Å²) in [5, 5.41) is 11.9. The van der Waals surface area contributed by atoms with E-state index >= 15 is 0 Å². The van der Waals surface area contributed by atoms with Crippen LogP contribution >= 0.6 is 11.6 Å². The SMILES string of the molecule is O=C(c1ccc(Cl)cc1)N1CCN([C@H]2CN(c3nc(C(F)(F)F)nc4ccc(N5CCOC5=O)cc34)C[C@@H]2O)CC1. The average molecular weight is 591 g/mol. The molecule has 1 N–H and O–H groups in total. The molecule has 2 aromatic carbocycles. The van der Waals surface area contributed by atoms with Crippen molar-refractivity contribution in [2.75, 3.05) is 62.2 Å². The molecule has 3 fully saturated rings. The molecule has 2 atom stereocenters. The summed E-state index contributed by atoms with van der Waals surface area (Å²) in [5.74, 6) is -1.35. The van der Waals surface area contributed by atoms with Crippen LogP contribution in [-0.4, -0.2) is 101 Å². The quantitative estimate of drug-likeness (QED) is 0.494. The minimum atomic E-state index is -4.77. The van der Waals surface area contributed by atoms with Gasteiger partial charge in [0, 0.05) is 60.9 Å². The molecule has 0 saturated carbocycles. The second kappa shape index (κ2) is 10.6. The van der Waals surface area contributed by atoms with E-state index < -0.39 is 24.2 Å². The standard InChI is InChI=1S/C27H26ClF3N6O4/c28-17-3-1-16(2-4-17)24(39)35-9-7-34(8-10-35)21-14-36(15-22(21)38)23-19-13-18(37-11-12-41-26(37)40)5-6-20(19)32-25(33-23)27(29,30)31/h1-6,13,21-22,38H,7-12,14-15H2/t21-,22-/m0/s1. The fourth-order valence-electron chi connectivity index (χ4n) is 5.60. The fourth-order valence-corrected chi connectivity index (χ4v) is 5.72. The number of hydrogen-bond donors (Lipinski definition) is 1. The smallest absolute Gasteiger partial charge is 0.447 e. The summed E-state index contributed by atoms with van der Waals surface area (Å²) < 4.78 is 46.2. The van der Waals surface area contributed by atoms with Gasteiger partial charge in [0.1, 0.15) is 12.4 Å². The van der Waals surface area contributed by atoms with Gasteiger partial charge in [0.15, 0.2) is 0 Å². The molecule has 0 bridgehead atoms. The van der Waals surface area contributed by atoms with Crippen molar-refractivity contribution in [3.63, 3.8) is 0 Å². The molecule has 0 unspecified atom stereocenters. The van der Waals surface area contributed by atoms with Gasteiger partial charge in [-0.05, 0) is 42.5 Å². The number of β-amino-alcohol motifs (C(OH)–C–C–N with tert-alkyl or cyclic N) is 1. The predicted octanol–water partition coefficient (Wildman–Crippen LogP) is 3.27. The number of alkyl halides is 3. The van der Waals surface area contributed by atoms with Crippen molar-refractivity contribution >= 4 is 46.0 Å². The maximum absolute atomic E-state index is 13.7. The molecule has 3 aliphatic rings. The predicted molar refractivity (Wildman–Crippen MR) is 144 cm³/mol. The summed E-state index contributed by atoms with van der Waals surface area (Å²) in [7, 11) is 0. The Hall–Kier alpha value is -3.68. The number of anilines is 2. The molecule has 0 aliphatic carbocycles. The number of fused-ring (bicyclic) bond motifs is 1.